The summed E-state index contributed by atoms with van der Waals surface area (Å²) < 4.78 is 88.6. The van der Waals surface area contributed by atoms with Crippen LogP contribution in [0.3, 0.4) is 0 Å². The summed E-state index contributed by atoms with van der Waals surface area (Å²) in [5.41, 5.74) is -1.67. The molecule has 2 aromatic carbocycles. The van der Waals surface area contributed by atoms with Gasteiger partial charge >= 0.3 is 19.9 Å². The largest absolute Gasteiger partial charge is 0.512 e. The van der Waals surface area contributed by atoms with E-state index in [4.69, 9.17) is 38.7 Å². The standard InChI is InChI=1S/C40H45F3N5O12PS/c1-27(62-32-21-55-38(56-22-32)5-3-2-4-30-7-6-29(20-44)18-34(30)42)40(23-48-25-45-24-46-48,33-9-8-31(41)19-35(33)43)60-39(51)58-26-57-37(50)11-10-36(49)47-15-12-28(13-16-47)14-17-59-61(52,53)54/h2-9,18-19,24-25,27-28,32,38H,10-17,21-23,26H2,1H3,(H2,52,53,54)/b4-2+,5-3+/t27-,32?,38?,40-/m1/s1. The summed E-state index contributed by atoms with van der Waals surface area (Å²) >= 11 is 1.22. The summed E-state index contributed by atoms with van der Waals surface area (Å²) in [5, 5.41) is 11.8. The van der Waals surface area contributed by atoms with Gasteiger partial charge in [0.2, 0.25) is 12.7 Å². The summed E-state index contributed by atoms with van der Waals surface area (Å²) in [6.07, 6.45) is 7.86. The van der Waals surface area contributed by atoms with Crippen molar-refractivity contribution in [3.63, 3.8) is 0 Å². The highest BCUT2D eigenvalue weighted by molar-refractivity contribution is 8.00. The monoisotopic (exact) mass is 907 g/mol. The topological polar surface area (TPSA) is 222 Å². The van der Waals surface area contributed by atoms with E-state index < -0.39 is 61.3 Å². The molecular weight excluding hydrogens is 862 g/mol. The molecule has 2 aliphatic heterocycles. The van der Waals surface area contributed by atoms with Gasteiger partial charge in [0.1, 0.15) is 30.1 Å². The molecule has 0 bridgehead atoms. The van der Waals surface area contributed by atoms with Crippen molar-refractivity contribution in [3.8, 4) is 6.07 Å². The van der Waals surface area contributed by atoms with Crippen LogP contribution >= 0.6 is 19.6 Å². The van der Waals surface area contributed by atoms with Crippen LogP contribution in [0.25, 0.3) is 6.08 Å². The Morgan fingerprint density at radius 3 is 2.48 bits per heavy atom. The number of halogens is 3. The number of nitriles is 1. The second-order valence-corrected chi connectivity index (χ2v) is 17.1. The molecular formula is C40H45F3N5O12PS. The van der Waals surface area contributed by atoms with Crippen molar-refractivity contribution in [1.29, 1.82) is 5.26 Å². The van der Waals surface area contributed by atoms with Gasteiger partial charge in [-0.25, -0.2) is 32.2 Å². The average Bonchev–Trinajstić information content (AvgIpc) is 3.75. The van der Waals surface area contributed by atoms with E-state index in [0.29, 0.717) is 38.4 Å². The molecule has 0 aliphatic carbocycles. The van der Waals surface area contributed by atoms with Gasteiger partial charge in [0.15, 0.2) is 11.9 Å². The number of esters is 1. The Kier molecular flexibility index (Phi) is 17.7. The van der Waals surface area contributed by atoms with Gasteiger partial charge in [0.05, 0.1) is 49.7 Å². The van der Waals surface area contributed by atoms with Crippen LogP contribution in [0.2, 0.25) is 0 Å². The zero-order chi connectivity index (χ0) is 44.7. The number of carbonyl (C=O) groups excluding carboxylic acids is 3. The second-order valence-electron chi connectivity index (χ2n) is 14.2. The van der Waals surface area contributed by atoms with Gasteiger partial charge in [-0.3, -0.25) is 14.1 Å². The van der Waals surface area contributed by atoms with E-state index >= 15 is 4.39 Å². The van der Waals surface area contributed by atoms with Gasteiger partial charge in [-0.2, -0.15) is 10.4 Å². The fourth-order valence-electron chi connectivity index (χ4n) is 6.70. The Morgan fingerprint density at radius 1 is 1.06 bits per heavy atom. The number of phosphoric ester groups is 1. The molecule has 5 rings (SSSR count). The third-order valence-corrected chi connectivity index (χ3v) is 11.9. The predicted octanol–water partition coefficient (Wildman–Crippen LogP) is 5.77. The van der Waals surface area contributed by atoms with E-state index in [1.807, 2.05) is 6.07 Å². The number of allylic oxidation sites excluding steroid dienone is 2. The summed E-state index contributed by atoms with van der Waals surface area (Å²) in [5.74, 6) is -3.49. The molecule has 0 saturated carbocycles. The Balaban J connectivity index is 1.16. The van der Waals surface area contributed by atoms with Crippen LogP contribution < -0.4 is 0 Å². The van der Waals surface area contributed by atoms with Crippen molar-refractivity contribution >= 4 is 43.7 Å². The first-order valence-electron chi connectivity index (χ1n) is 19.3. The van der Waals surface area contributed by atoms with Crippen molar-refractivity contribution in [2.75, 3.05) is 39.7 Å². The first-order valence-corrected chi connectivity index (χ1v) is 21.8. The molecule has 62 heavy (non-hydrogen) atoms. The molecule has 2 atom stereocenters. The van der Waals surface area contributed by atoms with Gasteiger partial charge in [0, 0.05) is 42.0 Å². The molecule has 2 fully saturated rings. The predicted molar refractivity (Wildman–Crippen MR) is 214 cm³/mol. The van der Waals surface area contributed by atoms with Crippen LogP contribution in [0.4, 0.5) is 18.0 Å². The fourth-order valence-corrected chi connectivity index (χ4v) is 8.40. The number of hydrogen-bond donors (Lipinski definition) is 2. The van der Waals surface area contributed by atoms with Crippen LogP contribution in [-0.2, 0) is 54.5 Å². The molecule has 2 N–H and O–H groups in total. The third-order valence-electron chi connectivity index (χ3n) is 9.94. The van der Waals surface area contributed by atoms with Gasteiger partial charge < -0.3 is 38.4 Å². The summed E-state index contributed by atoms with van der Waals surface area (Å²) in [6.45, 7) is 1.40. The quantitative estimate of drug-likeness (QED) is 0.0631. The molecule has 1 amide bonds. The van der Waals surface area contributed by atoms with Crippen molar-refractivity contribution in [2.24, 2.45) is 5.92 Å². The molecule has 334 valence electrons. The first-order chi connectivity index (χ1) is 29.6. The maximum Gasteiger partial charge on any atom is 0.512 e. The molecule has 22 heteroatoms. The lowest BCUT2D eigenvalue weighted by Gasteiger charge is -2.40. The normalized spacial score (nSPS) is 18.9. The maximum atomic E-state index is 15.7. The number of phosphoric acid groups is 1. The molecule has 0 radical (unpaired) electrons. The van der Waals surface area contributed by atoms with Crippen LogP contribution in [0, 0.1) is 34.7 Å². The molecule has 0 unspecified atom stereocenters. The van der Waals surface area contributed by atoms with Gasteiger partial charge in [0.25, 0.3) is 0 Å². The van der Waals surface area contributed by atoms with Crippen LogP contribution in [-0.4, -0.2) is 104 Å². The van der Waals surface area contributed by atoms with Crippen molar-refractivity contribution in [2.45, 2.75) is 68.0 Å². The highest BCUT2D eigenvalue weighted by Gasteiger charge is 2.47. The minimum Gasteiger partial charge on any atom is -0.428 e. The molecule has 1 aromatic heterocycles. The molecule has 3 aromatic rings. The minimum absolute atomic E-state index is 0.102. The lowest BCUT2D eigenvalue weighted by molar-refractivity contribution is -0.157. The zero-order valence-electron chi connectivity index (χ0n) is 33.4. The zero-order valence-corrected chi connectivity index (χ0v) is 35.1. The fraction of sp³-hybridized carbons (Fsp3) is 0.450. The molecule has 2 saturated heterocycles. The second kappa shape index (κ2) is 22.9. The number of ether oxygens (including phenoxy) is 5. The summed E-state index contributed by atoms with van der Waals surface area (Å²) in [4.78, 5) is 61.8. The first kappa shape index (κ1) is 48.0. The Hall–Kier alpha value is -5.07. The lowest BCUT2D eigenvalue weighted by atomic mass is 9.89. The highest BCUT2D eigenvalue weighted by atomic mass is 32.2. The van der Waals surface area contributed by atoms with Crippen LogP contribution in [0.5, 0.6) is 0 Å². The van der Waals surface area contributed by atoms with Gasteiger partial charge in [-0.1, -0.05) is 24.3 Å². The third kappa shape index (κ3) is 14.5. The number of rotatable bonds is 19. The number of nitrogens with zero attached hydrogens (tertiary/aromatic N) is 5. The van der Waals surface area contributed by atoms with E-state index in [1.54, 1.807) is 30.1 Å². The smallest absolute Gasteiger partial charge is 0.428 e. The highest BCUT2D eigenvalue weighted by Crippen LogP contribution is 2.42. The number of likely N-dealkylation sites (tertiary alicyclic amines) is 1. The molecule has 0 spiro atoms. The van der Waals surface area contributed by atoms with E-state index in [2.05, 4.69) is 14.6 Å². The Labute approximate surface area is 359 Å². The SMILES string of the molecule is C[C@@H](SC1COC(/C=C/C=C/c2ccc(C#N)cc2F)OC1)[C@@](Cn1cncn1)(OC(=O)OCOC(=O)CCC(=O)N1CCC(CCOP(=O)(O)O)CC1)c1ccc(F)cc1F. The molecule has 2 aliphatic rings. The van der Waals surface area contributed by atoms with Crippen molar-refractivity contribution in [1.82, 2.24) is 19.7 Å². The minimum atomic E-state index is -4.55. The number of piperidine rings is 1. The van der Waals surface area contributed by atoms with Crippen LogP contribution in [0.15, 0.2) is 67.3 Å². The number of thioether (sulfide) groups is 1. The Bertz CT molecular complexity index is 2140. The van der Waals surface area contributed by atoms with Gasteiger partial charge in [-0.15, -0.1) is 11.8 Å². The summed E-state index contributed by atoms with van der Waals surface area (Å²) in [7, 11) is -4.55. The van der Waals surface area contributed by atoms with E-state index in [9.17, 15) is 27.7 Å². The van der Waals surface area contributed by atoms with E-state index in [1.165, 1.54) is 47.3 Å². The summed E-state index contributed by atoms with van der Waals surface area (Å²) in [6, 6.07) is 8.78. The number of carbonyl (C=O) groups is 3. The maximum absolute atomic E-state index is 15.7. The number of amides is 1. The van der Waals surface area contributed by atoms with E-state index in [0.717, 1.165) is 18.2 Å². The molecule has 17 nitrogen and oxygen atoms in total. The van der Waals surface area contributed by atoms with Gasteiger partial charge in [-0.05, 0) is 62.4 Å². The lowest BCUT2D eigenvalue weighted by Crippen LogP contribution is -2.47. The number of aromatic nitrogens is 3. The average molecular weight is 908 g/mol. The molecule has 3 heterocycles. The number of hydrogen-bond acceptors (Lipinski definition) is 14. The van der Waals surface area contributed by atoms with Crippen molar-refractivity contribution < 1.29 is 70.1 Å². The van der Waals surface area contributed by atoms with Crippen LogP contribution in [0.1, 0.15) is 55.7 Å². The van der Waals surface area contributed by atoms with Crippen molar-refractivity contribution in [3.05, 3.63) is 101 Å². The number of benzene rings is 2. The van der Waals surface area contributed by atoms with E-state index in [-0.39, 0.29) is 73.0 Å². The Morgan fingerprint density at radius 2 is 1.82 bits per heavy atom.